The maximum Gasteiger partial charge on any atom is 0.0576 e. The third kappa shape index (κ3) is 4.97. The molecular weight excluding hydrogens is 210 g/mol. The summed E-state index contributed by atoms with van der Waals surface area (Å²) in [6.07, 6.45) is 11.5. The van der Waals surface area contributed by atoms with Crippen molar-refractivity contribution < 1.29 is 4.74 Å². The van der Waals surface area contributed by atoms with Gasteiger partial charge in [-0.25, -0.2) is 0 Å². The molecule has 0 aromatic rings. The molecule has 1 saturated heterocycles. The van der Waals surface area contributed by atoms with Gasteiger partial charge in [-0.15, -0.1) is 0 Å². The van der Waals surface area contributed by atoms with E-state index in [-0.39, 0.29) is 0 Å². The van der Waals surface area contributed by atoms with E-state index in [0.717, 1.165) is 18.4 Å². The fraction of sp³-hybridized carbons (Fsp3) is 1.00. The maximum atomic E-state index is 5.64. The molecule has 2 aliphatic rings. The lowest BCUT2D eigenvalue weighted by Crippen LogP contribution is -2.27. The predicted octanol–water partition coefficient (Wildman–Crippen LogP) is 3.36. The van der Waals surface area contributed by atoms with Crippen LogP contribution in [0.2, 0.25) is 0 Å². The molecule has 0 spiro atoms. The van der Waals surface area contributed by atoms with Crippen molar-refractivity contribution in [3.63, 3.8) is 0 Å². The summed E-state index contributed by atoms with van der Waals surface area (Å²) in [5, 5.41) is 3.64. The quantitative estimate of drug-likeness (QED) is 0.718. The SMILES string of the molecule is CC1CCCC(CNCCCC2CCCO2)C1. The fourth-order valence-electron chi connectivity index (χ4n) is 3.38. The Kier molecular flexibility index (Phi) is 5.79. The highest BCUT2D eigenvalue weighted by Gasteiger charge is 2.18. The molecule has 1 aliphatic heterocycles. The van der Waals surface area contributed by atoms with Crippen LogP contribution < -0.4 is 5.32 Å². The highest BCUT2D eigenvalue weighted by Crippen LogP contribution is 2.27. The molecule has 2 heteroatoms. The average Bonchev–Trinajstić information content (AvgIpc) is 2.82. The Bertz CT molecular complexity index is 201. The molecule has 0 aromatic carbocycles. The third-order valence-electron chi connectivity index (χ3n) is 4.38. The molecule has 0 bridgehead atoms. The van der Waals surface area contributed by atoms with Crippen LogP contribution in [0.3, 0.4) is 0 Å². The summed E-state index contributed by atoms with van der Waals surface area (Å²) in [7, 11) is 0. The second-order valence-electron chi connectivity index (χ2n) is 6.12. The lowest BCUT2D eigenvalue weighted by molar-refractivity contribution is 0.102. The van der Waals surface area contributed by atoms with Gasteiger partial charge in [0.05, 0.1) is 6.10 Å². The number of hydrogen-bond donors (Lipinski definition) is 1. The Morgan fingerprint density at radius 3 is 2.88 bits per heavy atom. The average molecular weight is 239 g/mol. The highest BCUT2D eigenvalue weighted by atomic mass is 16.5. The number of hydrogen-bond acceptors (Lipinski definition) is 2. The third-order valence-corrected chi connectivity index (χ3v) is 4.38. The van der Waals surface area contributed by atoms with Crippen molar-refractivity contribution in [2.45, 2.75) is 64.4 Å². The summed E-state index contributed by atoms with van der Waals surface area (Å²) in [5.41, 5.74) is 0. The zero-order chi connectivity index (χ0) is 11.9. The molecule has 3 unspecified atom stereocenters. The van der Waals surface area contributed by atoms with Gasteiger partial charge in [0.25, 0.3) is 0 Å². The minimum absolute atomic E-state index is 0.575. The van der Waals surface area contributed by atoms with E-state index >= 15 is 0 Å². The summed E-state index contributed by atoms with van der Waals surface area (Å²) in [6, 6.07) is 0. The molecular formula is C15H29NO. The molecule has 1 saturated carbocycles. The van der Waals surface area contributed by atoms with Crippen LogP contribution in [0.25, 0.3) is 0 Å². The molecule has 0 aromatic heterocycles. The second-order valence-corrected chi connectivity index (χ2v) is 6.12. The van der Waals surface area contributed by atoms with Crippen molar-refractivity contribution in [2.24, 2.45) is 11.8 Å². The van der Waals surface area contributed by atoms with Crippen LogP contribution in [0.15, 0.2) is 0 Å². The number of ether oxygens (including phenoxy) is 1. The molecule has 1 N–H and O–H groups in total. The highest BCUT2D eigenvalue weighted by molar-refractivity contribution is 4.72. The van der Waals surface area contributed by atoms with Gasteiger partial charge in [-0.2, -0.15) is 0 Å². The minimum atomic E-state index is 0.575. The van der Waals surface area contributed by atoms with Crippen molar-refractivity contribution in [3.8, 4) is 0 Å². The normalized spacial score (nSPS) is 34.1. The zero-order valence-corrected chi connectivity index (χ0v) is 11.4. The van der Waals surface area contributed by atoms with E-state index in [9.17, 15) is 0 Å². The first-order chi connectivity index (χ1) is 8.34. The molecule has 2 nitrogen and oxygen atoms in total. The van der Waals surface area contributed by atoms with Crippen LogP contribution in [0, 0.1) is 11.8 Å². The van der Waals surface area contributed by atoms with Gasteiger partial charge < -0.3 is 10.1 Å². The van der Waals surface area contributed by atoms with E-state index in [4.69, 9.17) is 4.74 Å². The lowest BCUT2D eigenvalue weighted by atomic mass is 9.82. The molecule has 1 aliphatic carbocycles. The van der Waals surface area contributed by atoms with Crippen molar-refractivity contribution in [3.05, 3.63) is 0 Å². The van der Waals surface area contributed by atoms with Crippen LogP contribution in [-0.2, 0) is 4.74 Å². The summed E-state index contributed by atoms with van der Waals surface area (Å²) >= 11 is 0. The van der Waals surface area contributed by atoms with Crippen LogP contribution in [0.4, 0.5) is 0 Å². The Hall–Kier alpha value is -0.0800. The standard InChI is InChI=1S/C15H29NO/c1-13-5-2-6-14(11-13)12-16-9-3-7-15-8-4-10-17-15/h13-16H,2-12H2,1H3. The molecule has 0 amide bonds. The van der Waals surface area contributed by atoms with Gasteiger partial charge in [-0.05, 0) is 63.5 Å². The molecule has 2 rings (SSSR count). The smallest absolute Gasteiger partial charge is 0.0576 e. The fourth-order valence-corrected chi connectivity index (χ4v) is 3.38. The maximum absolute atomic E-state index is 5.64. The molecule has 0 radical (unpaired) electrons. The van der Waals surface area contributed by atoms with E-state index < -0.39 is 0 Å². The van der Waals surface area contributed by atoms with Crippen LogP contribution in [-0.4, -0.2) is 25.8 Å². The topological polar surface area (TPSA) is 21.3 Å². The van der Waals surface area contributed by atoms with Gasteiger partial charge in [0, 0.05) is 6.61 Å². The largest absolute Gasteiger partial charge is 0.378 e. The van der Waals surface area contributed by atoms with E-state index in [0.29, 0.717) is 6.10 Å². The second kappa shape index (κ2) is 7.38. The van der Waals surface area contributed by atoms with Gasteiger partial charge >= 0.3 is 0 Å². The van der Waals surface area contributed by atoms with E-state index in [1.807, 2.05) is 0 Å². The molecule has 3 atom stereocenters. The Morgan fingerprint density at radius 1 is 1.18 bits per heavy atom. The van der Waals surface area contributed by atoms with Crippen molar-refractivity contribution in [1.29, 1.82) is 0 Å². The van der Waals surface area contributed by atoms with Gasteiger partial charge in [-0.3, -0.25) is 0 Å². The van der Waals surface area contributed by atoms with E-state index in [2.05, 4.69) is 12.2 Å². The first kappa shape index (κ1) is 13.4. The number of rotatable bonds is 6. The van der Waals surface area contributed by atoms with Crippen LogP contribution in [0.1, 0.15) is 58.3 Å². The Labute approximate surface area is 107 Å². The van der Waals surface area contributed by atoms with Gasteiger partial charge in [-0.1, -0.05) is 19.8 Å². The van der Waals surface area contributed by atoms with Gasteiger partial charge in [0.1, 0.15) is 0 Å². The van der Waals surface area contributed by atoms with Gasteiger partial charge in [0.15, 0.2) is 0 Å². The van der Waals surface area contributed by atoms with E-state index in [1.165, 1.54) is 64.5 Å². The van der Waals surface area contributed by atoms with Crippen LogP contribution >= 0.6 is 0 Å². The van der Waals surface area contributed by atoms with E-state index in [1.54, 1.807) is 0 Å². The number of nitrogens with one attached hydrogen (secondary N) is 1. The molecule has 2 fully saturated rings. The summed E-state index contributed by atoms with van der Waals surface area (Å²) in [5.74, 6) is 1.91. The summed E-state index contributed by atoms with van der Waals surface area (Å²) in [4.78, 5) is 0. The van der Waals surface area contributed by atoms with Crippen molar-refractivity contribution in [2.75, 3.05) is 19.7 Å². The molecule has 17 heavy (non-hydrogen) atoms. The molecule has 100 valence electrons. The van der Waals surface area contributed by atoms with Crippen molar-refractivity contribution >= 4 is 0 Å². The summed E-state index contributed by atoms with van der Waals surface area (Å²) in [6.45, 7) is 5.84. The Morgan fingerprint density at radius 2 is 2.12 bits per heavy atom. The van der Waals surface area contributed by atoms with Gasteiger partial charge in [0.2, 0.25) is 0 Å². The predicted molar refractivity (Wildman–Crippen MR) is 72.2 cm³/mol. The zero-order valence-electron chi connectivity index (χ0n) is 11.4. The first-order valence-corrected chi connectivity index (χ1v) is 7.67. The minimum Gasteiger partial charge on any atom is -0.378 e. The Balaban J connectivity index is 1.45. The summed E-state index contributed by atoms with van der Waals surface area (Å²) < 4.78 is 5.64. The lowest BCUT2D eigenvalue weighted by Gasteiger charge is -2.26. The van der Waals surface area contributed by atoms with Crippen LogP contribution in [0.5, 0.6) is 0 Å². The first-order valence-electron chi connectivity index (χ1n) is 7.67. The molecule has 1 heterocycles. The monoisotopic (exact) mass is 239 g/mol. The van der Waals surface area contributed by atoms with Crippen molar-refractivity contribution in [1.82, 2.24) is 5.32 Å².